The second-order valence-corrected chi connectivity index (χ2v) is 4.15. The Bertz CT molecular complexity index is 404. The highest BCUT2D eigenvalue weighted by atomic mass is 32.1. The minimum absolute atomic E-state index is 0.00815. The summed E-state index contributed by atoms with van der Waals surface area (Å²) in [7, 11) is 0. The lowest BCUT2D eigenvalue weighted by Crippen LogP contribution is -2.22. The lowest BCUT2D eigenvalue weighted by Gasteiger charge is -2.12. The second kappa shape index (κ2) is 5.61. The molecule has 0 heterocycles. The monoisotopic (exact) mass is 236 g/mol. The summed E-state index contributed by atoms with van der Waals surface area (Å²) < 4.78 is 0. The zero-order valence-corrected chi connectivity index (χ0v) is 10.3. The number of amides is 1. The molecule has 16 heavy (non-hydrogen) atoms. The van der Waals surface area contributed by atoms with Crippen LogP contribution in [0.2, 0.25) is 0 Å². The van der Waals surface area contributed by atoms with Gasteiger partial charge in [-0.05, 0) is 18.6 Å². The van der Waals surface area contributed by atoms with Crippen molar-refractivity contribution >= 4 is 28.8 Å². The number of para-hydroxylation sites is 1. The third-order valence-electron chi connectivity index (χ3n) is 2.51. The van der Waals surface area contributed by atoms with Crippen LogP contribution in [-0.4, -0.2) is 10.9 Å². The Balaban J connectivity index is 2.89. The van der Waals surface area contributed by atoms with Crippen LogP contribution in [0.1, 0.15) is 25.8 Å². The molecule has 0 aliphatic heterocycles. The Morgan fingerprint density at radius 1 is 1.50 bits per heavy atom. The summed E-state index contributed by atoms with van der Waals surface area (Å²) in [5.41, 5.74) is 6.96. The maximum atomic E-state index is 11.7. The summed E-state index contributed by atoms with van der Waals surface area (Å²) in [6.07, 6.45) is 0.807. The molecule has 0 aromatic heterocycles. The molecule has 0 saturated carbocycles. The zero-order valence-electron chi connectivity index (χ0n) is 9.49. The Hall–Kier alpha value is -1.42. The summed E-state index contributed by atoms with van der Waals surface area (Å²) in [6, 6.07) is 7.28. The molecule has 0 saturated heterocycles. The molecule has 3 N–H and O–H groups in total. The number of carbonyl (C=O) groups is 1. The molecular weight excluding hydrogens is 220 g/mol. The van der Waals surface area contributed by atoms with Gasteiger partial charge in [0.25, 0.3) is 0 Å². The van der Waals surface area contributed by atoms with Crippen molar-refractivity contribution in [2.75, 3.05) is 5.32 Å². The van der Waals surface area contributed by atoms with Gasteiger partial charge in [0.05, 0.1) is 5.69 Å². The molecule has 0 aliphatic carbocycles. The van der Waals surface area contributed by atoms with Crippen molar-refractivity contribution in [3.05, 3.63) is 29.8 Å². The van der Waals surface area contributed by atoms with Gasteiger partial charge in [-0.3, -0.25) is 4.79 Å². The second-order valence-electron chi connectivity index (χ2n) is 3.71. The Morgan fingerprint density at radius 3 is 2.69 bits per heavy atom. The average molecular weight is 236 g/mol. The molecule has 86 valence electrons. The summed E-state index contributed by atoms with van der Waals surface area (Å²) in [4.78, 5) is 12.0. The summed E-state index contributed by atoms with van der Waals surface area (Å²) in [5, 5.41) is 2.84. The van der Waals surface area contributed by atoms with Crippen molar-refractivity contribution in [3.8, 4) is 0 Å². The van der Waals surface area contributed by atoms with Crippen LogP contribution in [-0.2, 0) is 4.79 Å². The van der Waals surface area contributed by atoms with Crippen LogP contribution < -0.4 is 11.1 Å². The van der Waals surface area contributed by atoms with Crippen LogP contribution >= 0.6 is 12.2 Å². The van der Waals surface area contributed by atoms with Crippen LogP contribution in [0, 0.1) is 5.92 Å². The van der Waals surface area contributed by atoms with E-state index in [-0.39, 0.29) is 11.8 Å². The Kier molecular flexibility index (Phi) is 4.43. The van der Waals surface area contributed by atoms with Crippen LogP contribution in [0.15, 0.2) is 24.3 Å². The van der Waals surface area contributed by atoms with Gasteiger partial charge in [0.15, 0.2) is 0 Å². The first-order chi connectivity index (χ1) is 7.56. The average Bonchev–Trinajstić information content (AvgIpc) is 2.28. The molecule has 0 radical (unpaired) electrons. The molecule has 1 amide bonds. The molecule has 1 atom stereocenters. The number of rotatable bonds is 4. The van der Waals surface area contributed by atoms with E-state index >= 15 is 0 Å². The highest BCUT2D eigenvalue weighted by Gasteiger charge is 2.12. The van der Waals surface area contributed by atoms with Gasteiger partial charge in [-0.25, -0.2) is 0 Å². The third kappa shape index (κ3) is 3.03. The van der Waals surface area contributed by atoms with Crippen molar-refractivity contribution in [3.63, 3.8) is 0 Å². The highest BCUT2D eigenvalue weighted by Crippen LogP contribution is 2.16. The molecule has 1 unspecified atom stereocenters. The number of hydrogen-bond donors (Lipinski definition) is 2. The summed E-state index contributed by atoms with van der Waals surface area (Å²) >= 11 is 4.92. The van der Waals surface area contributed by atoms with Gasteiger partial charge in [-0.15, -0.1) is 0 Å². The van der Waals surface area contributed by atoms with Crippen molar-refractivity contribution < 1.29 is 4.79 Å². The molecule has 0 fully saturated rings. The van der Waals surface area contributed by atoms with Crippen molar-refractivity contribution in [1.29, 1.82) is 0 Å². The van der Waals surface area contributed by atoms with E-state index in [1.165, 1.54) is 0 Å². The van der Waals surface area contributed by atoms with Crippen LogP contribution in [0.4, 0.5) is 5.69 Å². The molecule has 0 aliphatic rings. The first-order valence-electron chi connectivity index (χ1n) is 5.26. The molecule has 1 aromatic rings. The summed E-state index contributed by atoms with van der Waals surface area (Å²) in [6.45, 7) is 3.86. The smallest absolute Gasteiger partial charge is 0.227 e. The number of thiocarbonyl (C=S) groups is 1. The van der Waals surface area contributed by atoms with Gasteiger partial charge in [-0.2, -0.15) is 0 Å². The summed E-state index contributed by atoms with van der Waals surface area (Å²) in [5.74, 6) is -0.0226. The van der Waals surface area contributed by atoms with Crippen LogP contribution in [0.25, 0.3) is 0 Å². The van der Waals surface area contributed by atoms with Crippen molar-refractivity contribution in [2.45, 2.75) is 20.3 Å². The van der Waals surface area contributed by atoms with E-state index in [4.69, 9.17) is 18.0 Å². The number of carbonyl (C=O) groups excluding carboxylic acids is 1. The molecule has 1 aromatic carbocycles. The zero-order chi connectivity index (χ0) is 12.1. The van der Waals surface area contributed by atoms with Gasteiger partial charge >= 0.3 is 0 Å². The lowest BCUT2D eigenvalue weighted by molar-refractivity contribution is -0.119. The van der Waals surface area contributed by atoms with Crippen LogP contribution in [0.3, 0.4) is 0 Å². The first-order valence-corrected chi connectivity index (χ1v) is 5.66. The van der Waals surface area contributed by atoms with E-state index in [2.05, 4.69) is 5.32 Å². The predicted octanol–water partition coefficient (Wildman–Crippen LogP) is 2.31. The van der Waals surface area contributed by atoms with Crippen molar-refractivity contribution in [2.24, 2.45) is 11.7 Å². The van der Waals surface area contributed by atoms with Gasteiger partial charge < -0.3 is 11.1 Å². The van der Waals surface area contributed by atoms with E-state index in [0.29, 0.717) is 16.2 Å². The molecule has 4 heteroatoms. The Labute approximate surface area is 101 Å². The topological polar surface area (TPSA) is 55.1 Å². The molecular formula is C12H16N2OS. The normalized spacial score (nSPS) is 11.9. The lowest BCUT2D eigenvalue weighted by atomic mass is 10.1. The van der Waals surface area contributed by atoms with Crippen LogP contribution in [0.5, 0.6) is 0 Å². The minimum Gasteiger partial charge on any atom is -0.389 e. The van der Waals surface area contributed by atoms with E-state index < -0.39 is 0 Å². The number of anilines is 1. The minimum atomic E-state index is -0.0144. The third-order valence-corrected chi connectivity index (χ3v) is 2.73. The first kappa shape index (κ1) is 12.6. The SMILES string of the molecule is CCC(C)C(=O)Nc1ccccc1C(N)=S. The highest BCUT2D eigenvalue weighted by molar-refractivity contribution is 7.80. The fourth-order valence-electron chi connectivity index (χ4n) is 1.25. The number of nitrogens with one attached hydrogen (secondary N) is 1. The largest absolute Gasteiger partial charge is 0.389 e. The van der Waals surface area contributed by atoms with E-state index in [1.807, 2.05) is 26.0 Å². The van der Waals surface area contributed by atoms with Crippen molar-refractivity contribution in [1.82, 2.24) is 0 Å². The van der Waals surface area contributed by atoms with Gasteiger partial charge in [0.1, 0.15) is 4.99 Å². The van der Waals surface area contributed by atoms with E-state index in [0.717, 1.165) is 6.42 Å². The van der Waals surface area contributed by atoms with E-state index in [9.17, 15) is 4.79 Å². The molecule has 1 rings (SSSR count). The maximum absolute atomic E-state index is 11.7. The number of benzene rings is 1. The van der Waals surface area contributed by atoms with Gasteiger partial charge in [0, 0.05) is 11.5 Å². The standard InChI is InChI=1S/C12H16N2OS/c1-3-8(2)12(15)14-10-7-5-4-6-9(10)11(13)16/h4-8H,3H2,1-2H3,(H2,13,16)(H,14,15). The quantitative estimate of drug-likeness (QED) is 0.789. The van der Waals surface area contributed by atoms with Gasteiger partial charge in [-0.1, -0.05) is 38.2 Å². The number of nitrogens with two attached hydrogens (primary N) is 1. The van der Waals surface area contributed by atoms with E-state index in [1.54, 1.807) is 12.1 Å². The molecule has 0 bridgehead atoms. The molecule has 0 spiro atoms. The molecule has 3 nitrogen and oxygen atoms in total. The number of hydrogen-bond acceptors (Lipinski definition) is 2. The van der Waals surface area contributed by atoms with Gasteiger partial charge in [0.2, 0.25) is 5.91 Å². The fraction of sp³-hybridized carbons (Fsp3) is 0.333. The fourth-order valence-corrected chi connectivity index (χ4v) is 1.43. The predicted molar refractivity (Wildman–Crippen MR) is 70.4 cm³/mol. The Morgan fingerprint density at radius 2 is 2.12 bits per heavy atom. The maximum Gasteiger partial charge on any atom is 0.227 e.